The van der Waals surface area contributed by atoms with Crippen LogP contribution in [0.25, 0.3) is 0 Å². The highest BCUT2D eigenvalue weighted by Gasteiger charge is 2.33. The van der Waals surface area contributed by atoms with E-state index in [2.05, 4.69) is 9.97 Å². The van der Waals surface area contributed by atoms with Gasteiger partial charge in [0.2, 0.25) is 0 Å². The zero-order valence-corrected chi connectivity index (χ0v) is 10.3. The maximum absolute atomic E-state index is 11.1. The molecule has 0 saturated carbocycles. The molecule has 0 aromatic carbocycles. The van der Waals surface area contributed by atoms with Gasteiger partial charge in [0.25, 0.3) is 0 Å². The van der Waals surface area contributed by atoms with Crippen LogP contribution in [0, 0.1) is 13.8 Å². The van der Waals surface area contributed by atoms with Gasteiger partial charge in [-0.05, 0) is 27.7 Å². The number of carbonyl (C=O) groups is 1. The quantitative estimate of drug-likeness (QED) is 0.838. The molecule has 0 amide bonds. The second kappa shape index (κ2) is 4.08. The molecule has 0 aliphatic heterocycles. The zero-order chi connectivity index (χ0) is 12.5. The summed E-state index contributed by atoms with van der Waals surface area (Å²) in [6.07, 6.45) is 0. The van der Waals surface area contributed by atoms with E-state index < -0.39 is 11.5 Å². The first-order valence-electron chi connectivity index (χ1n) is 5.04. The van der Waals surface area contributed by atoms with Crippen LogP contribution < -0.4 is 4.90 Å². The lowest BCUT2D eigenvalue weighted by atomic mass is 10.0. The van der Waals surface area contributed by atoms with Gasteiger partial charge in [-0.3, -0.25) is 0 Å². The van der Waals surface area contributed by atoms with Gasteiger partial charge in [0, 0.05) is 18.8 Å². The number of anilines is 1. The van der Waals surface area contributed by atoms with Gasteiger partial charge in [-0.25, -0.2) is 14.8 Å². The van der Waals surface area contributed by atoms with E-state index in [0.29, 0.717) is 11.6 Å². The van der Waals surface area contributed by atoms with E-state index in [4.69, 9.17) is 5.11 Å². The highest BCUT2D eigenvalue weighted by Crippen LogP contribution is 2.20. The minimum absolute atomic E-state index is 0.623. The lowest BCUT2D eigenvalue weighted by Gasteiger charge is -2.32. The van der Waals surface area contributed by atoms with Crippen molar-refractivity contribution >= 4 is 11.8 Å². The summed E-state index contributed by atoms with van der Waals surface area (Å²) in [5.74, 6) is 0.379. The number of carboxylic acid groups (broad SMARTS) is 1. The minimum Gasteiger partial charge on any atom is -0.480 e. The van der Waals surface area contributed by atoms with Crippen molar-refractivity contribution in [2.24, 2.45) is 0 Å². The van der Waals surface area contributed by atoms with E-state index in [0.717, 1.165) is 5.69 Å². The van der Waals surface area contributed by atoms with E-state index in [-0.39, 0.29) is 0 Å². The molecule has 5 nitrogen and oxygen atoms in total. The summed E-state index contributed by atoms with van der Waals surface area (Å²) in [6.45, 7) is 6.93. The van der Waals surface area contributed by atoms with Crippen molar-refractivity contribution in [1.82, 2.24) is 9.97 Å². The molecule has 1 rings (SSSR count). The van der Waals surface area contributed by atoms with Gasteiger partial charge >= 0.3 is 5.97 Å². The predicted molar refractivity (Wildman–Crippen MR) is 61.6 cm³/mol. The van der Waals surface area contributed by atoms with E-state index in [1.807, 2.05) is 6.92 Å². The summed E-state index contributed by atoms with van der Waals surface area (Å²) in [4.78, 5) is 21.1. The molecular weight excluding hydrogens is 206 g/mol. The molecule has 88 valence electrons. The number of rotatable bonds is 3. The number of aromatic nitrogens is 2. The van der Waals surface area contributed by atoms with E-state index in [1.54, 1.807) is 38.8 Å². The van der Waals surface area contributed by atoms with Crippen LogP contribution in [-0.2, 0) is 4.79 Å². The number of aryl methyl sites for hydroxylation is 2. The third-order valence-corrected chi connectivity index (χ3v) is 2.66. The van der Waals surface area contributed by atoms with Gasteiger partial charge in [0.1, 0.15) is 17.2 Å². The number of nitrogens with zero attached hydrogens (tertiary/aromatic N) is 3. The first-order valence-corrected chi connectivity index (χ1v) is 5.04. The van der Waals surface area contributed by atoms with Crippen molar-refractivity contribution in [1.29, 1.82) is 0 Å². The Bertz CT molecular complexity index is 395. The smallest absolute Gasteiger partial charge is 0.328 e. The number of hydrogen-bond acceptors (Lipinski definition) is 4. The molecule has 0 radical (unpaired) electrons. The standard InChI is InChI=1S/C11H17N3O2/c1-7-6-9(13-8(2)12-7)14(5)11(3,4)10(15)16/h6H,1-5H3,(H,15,16). The van der Waals surface area contributed by atoms with Gasteiger partial charge in [-0.15, -0.1) is 0 Å². The average Bonchev–Trinajstić information content (AvgIpc) is 2.14. The fourth-order valence-electron chi connectivity index (χ4n) is 1.30. The maximum Gasteiger partial charge on any atom is 0.328 e. The topological polar surface area (TPSA) is 66.3 Å². The first kappa shape index (κ1) is 12.4. The maximum atomic E-state index is 11.1. The Morgan fingerprint density at radius 1 is 1.38 bits per heavy atom. The molecule has 5 heteroatoms. The number of hydrogen-bond donors (Lipinski definition) is 1. The summed E-state index contributed by atoms with van der Waals surface area (Å²) in [5, 5.41) is 9.13. The van der Waals surface area contributed by atoms with Crippen LogP contribution in [0.3, 0.4) is 0 Å². The number of likely N-dealkylation sites (N-methyl/N-ethyl adjacent to an activating group) is 1. The van der Waals surface area contributed by atoms with Crippen molar-refractivity contribution in [2.75, 3.05) is 11.9 Å². The van der Waals surface area contributed by atoms with Crippen molar-refractivity contribution < 1.29 is 9.90 Å². The Labute approximate surface area is 95.1 Å². The molecular formula is C11H17N3O2. The summed E-state index contributed by atoms with van der Waals surface area (Å²) in [5.41, 5.74) is -0.164. The molecule has 1 aromatic rings. The third kappa shape index (κ3) is 2.29. The molecule has 0 atom stereocenters. The molecule has 0 bridgehead atoms. The molecule has 1 aromatic heterocycles. The first-order chi connectivity index (χ1) is 7.25. The molecule has 0 aliphatic rings. The Hall–Kier alpha value is -1.65. The van der Waals surface area contributed by atoms with Crippen LogP contribution in [0.15, 0.2) is 6.07 Å². The van der Waals surface area contributed by atoms with Crippen LogP contribution in [-0.4, -0.2) is 33.6 Å². The second-order valence-electron chi connectivity index (χ2n) is 4.34. The lowest BCUT2D eigenvalue weighted by Crippen LogP contribution is -2.48. The average molecular weight is 223 g/mol. The highest BCUT2D eigenvalue weighted by atomic mass is 16.4. The van der Waals surface area contributed by atoms with Gasteiger partial charge in [-0.2, -0.15) is 0 Å². The Morgan fingerprint density at radius 3 is 2.38 bits per heavy atom. The molecule has 1 N–H and O–H groups in total. The molecule has 0 fully saturated rings. The molecule has 16 heavy (non-hydrogen) atoms. The van der Waals surface area contributed by atoms with E-state index in [1.165, 1.54) is 0 Å². The van der Waals surface area contributed by atoms with Crippen molar-refractivity contribution in [3.8, 4) is 0 Å². The molecule has 0 aliphatic carbocycles. The van der Waals surface area contributed by atoms with Gasteiger partial charge in [0.05, 0.1) is 0 Å². The normalized spacial score (nSPS) is 11.3. The van der Waals surface area contributed by atoms with Crippen LogP contribution in [0.5, 0.6) is 0 Å². The monoisotopic (exact) mass is 223 g/mol. The SMILES string of the molecule is Cc1cc(N(C)C(C)(C)C(=O)O)nc(C)n1. The summed E-state index contributed by atoms with van der Waals surface area (Å²) < 4.78 is 0. The third-order valence-electron chi connectivity index (χ3n) is 2.66. The highest BCUT2D eigenvalue weighted by molar-refractivity contribution is 5.81. The molecule has 1 heterocycles. The van der Waals surface area contributed by atoms with Crippen molar-refractivity contribution in [3.63, 3.8) is 0 Å². The largest absolute Gasteiger partial charge is 0.480 e. The predicted octanol–water partition coefficient (Wildman–Crippen LogP) is 1.39. The van der Waals surface area contributed by atoms with Gasteiger partial charge in [-0.1, -0.05) is 0 Å². The van der Waals surface area contributed by atoms with Crippen LogP contribution in [0.1, 0.15) is 25.4 Å². The van der Waals surface area contributed by atoms with E-state index >= 15 is 0 Å². The fraction of sp³-hybridized carbons (Fsp3) is 0.545. The number of carboxylic acids is 1. The summed E-state index contributed by atoms with van der Waals surface area (Å²) >= 11 is 0. The Morgan fingerprint density at radius 2 is 1.94 bits per heavy atom. The molecule has 0 unspecified atom stereocenters. The zero-order valence-electron chi connectivity index (χ0n) is 10.3. The Balaban J connectivity index is 3.14. The number of aliphatic carboxylic acids is 1. The van der Waals surface area contributed by atoms with Crippen molar-refractivity contribution in [3.05, 3.63) is 17.6 Å². The fourth-order valence-corrected chi connectivity index (χ4v) is 1.30. The van der Waals surface area contributed by atoms with Crippen LogP contribution in [0.4, 0.5) is 5.82 Å². The molecule has 0 saturated heterocycles. The summed E-state index contributed by atoms with van der Waals surface area (Å²) in [7, 11) is 1.72. The van der Waals surface area contributed by atoms with Crippen LogP contribution >= 0.6 is 0 Å². The van der Waals surface area contributed by atoms with Gasteiger partial charge < -0.3 is 10.0 Å². The Kier molecular flexibility index (Phi) is 3.16. The van der Waals surface area contributed by atoms with Crippen LogP contribution in [0.2, 0.25) is 0 Å². The van der Waals surface area contributed by atoms with Crippen molar-refractivity contribution in [2.45, 2.75) is 33.2 Å². The summed E-state index contributed by atoms with van der Waals surface area (Å²) in [6, 6.07) is 1.78. The van der Waals surface area contributed by atoms with Gasteiger partial charge in [0.15, 0.2) is 0 Å². The molecule has 0 spiro atoms. The lowest BCUT2D eigenvalue weighted by molar-refractivity contribution is -0.142. The minimum atomic E-state index is -0.993. The second-order valence-corrected chi connectivity index (χ2v) is 4.34. The van der Waals surface area contributed by atoms with E-state index in [9.17, 15) is 4.79 Å².